The lowest BCUT2D eigenvalue weighted by Crippen LogP contribution is -2.28. The standard InChI is InChI=1S/C16H14N2O3/c19-12-5-1-9(2-6-12)8-17-18-15(20)13-10-3-4-11(7-10)14(13)16(18)21/h1-6,8,10-11,13-14,19H,7H2/t10-,11-,13+,14+/m0/s1. The topological polar surface area (TPSA) is 70.0 Å². The Morgan fingerprint density at radius 1 is 1.05 bits per heavy atom. The number of aromatic hydroxyl groups is 1. The maximum Gasteiger partial charge on any atom is 0.254 e. The molecule has 1 aromatic rings. The molecule has 1 N–H and O–H groups in total. The van der Waals surface area contributed by atoms with Crippen molar-refractivity contribution < 1.29 is 14.7 Å². The van der Waals surface area contributed by atoms with Crippen LogP contribution in [0.1, 0.15) is 12.0 Å². The number of hydrogen-bond acceptors (Lipinski definition) is 4. The van der Waals surface area contributed by atoms with Gasteiger partial charge in [0.05, 0.1) is 18.1 Å². The second-order valence-electron chi connectivity index (χ2n) is 5.82. The molecule has 5 nitrogen and oxygen atoms in total. The number of imide groups is 1. The zero-order valence-electron chi connectivity index (χ0n) is 11.2. The van der Waals surface area contributed by atoms with Crippen LogP contribution in [0.15, 0.2) is 41.5 Å². The number of hydrogen-bond donors (Lipinski definition) is 1. The third kappa shape index (κ3) is 1.73. The van der Waals surface area contributed by atoms with Gasteiger partial charge >= 0.3 is 0 Å². The van der Waals surface area contributed by atoms with Gasteiger partial charge in [0.1, 0.15) is 5.75 Å². The third-order valence-electron chi connectivity index (χ3n) is 4.66. The van der Waals surface area contributed by atoms with E-state index in [1.54, 1.807) is 12.1 Å². The number of rotatable bonds is 2. The number of carbonyl (C=O) groups is 2. The van der Waals surface area contributed by atoms with Crippen molar-refractivity contribution in [2.45, 2.75) is 6.42 Å². The van der Waals surface area contributed by atoms with E-state index >= 15 is 0 Å². The number of carbonyl (C=O) groups excluding carboxylic acids is 2. The molecule has 21 heavy (non-hydrogen) atoms. The zero-order chi connectivity index (χ0) is 14.6. The molecule has 1 saturated carbocycles. The van der Waals surface area contributed by atoms with Crippen LogP contribution in [0, 0.1) is 23.7 Å². The fraction of sp³-hybridized carbons (Fsp3) is 0.312. The number of benzene rings is 1. The molecule has 2 bridgehead atoms. The summed E-state index contributed by atoms with van der Waals surface area (Å²) in [6.07, 6.45) is 6.52. The van der Waals surface area contributed by atoms with E-state index in [-0.39, 0.29) is 41.2 Å². The predicted molar refractivity (Wildman–Crippen MR) is 75.3 cm³/mol. The molecule has 0 aromatic heterocycles. The highest BCUT2D eigenvalue weighted by Gasteiger charge is 2.59. The Morgan fingerprint density at radius 3 is 2.19 bits per heavy atom. The van der Waals surface area contributed by atoms with Crippen molar-refractivity contribution in [3.63, 3.8) is 0 Å². The molecule has 0 unspecified atom stereocenters. The molecule has 4 rings (SSSR count). The molecule has 106 valence electrons. The summed E-state index contributed by atoms with van der Waals surface area (Å²) in [5, 5.41) is 14.3. The summed E-state index contributed by atoms with van der Waals surface area (Å²) in [6, 6.07) is 6.42. The fourth-order valence-corrected chi connectivity index (χ4v) is 3.69. The Hall–Kier alpha value is -2.43. The number of phenolic OH excluding ortho intramolecular Hbond substituents is 1. The summed E-state index contributed by atoms with van der Waals surface area (Å²) in [7, 11) is 0. The lowest BCUT2D eigenvalue weighted by molar-refractivity contribution is -0.140. The molecular weight excluding hydrogens is 268 g/mol. The molecule has 1 aromatic carbocycles. The summed E-state index contributed by atoms with van der Waals surface area (Å²) in [5.41, 5.74) is 0.728. The SMILES string of the molecule is O=C1[C@H]2[C@H](C(=O)N1N=Cc1ccc(O)cc1)[C@H]1C=C[C@H]2C1. The number of amides is 2. The minimum atomic E-state index is -0.218. The average molecular weight is 282 g/mol. The fourth-order valence-electron chi connectivity index (χ4n) is 3.69. The highest BCUT2D eigenvalue weighted by molar-refractivity contribution is 6.06. The van der Waals surface area contributed by atoms with Gasteiger partial charge < -0.3 is 5.11 Å². The van der Waals surface area contributed by atoms with E-state index in [4.69, 9.17) is 0 Å². The van der Waals surface area contributed by atoms with E-state index in [0.717, 1.165) is 17.0 Å². The van der Waals surface area contributed by atoms with E-state index in [1.807, 2.05) is 0 Å². The van der Waals surface area contributed by atoms with Crippen molar-refractivity contribution in [1.82, 2.24) is 5.01 Å². The smallest absolute Gasteiger partial charge is 0.254 e. The molecule has 1 saturated heterocycles. The van der Waals surface area contributed by atoms with Gasteiger partial charge in [0.2, 0.25) is 0 Å². The maximum absolute atomic E-state index is 12.4. The van der Waals surface area contributed by atoms with Gasteiger partial charge in [-0.3, -0.25) is 9.59 Å². The molecular formula is C16H14N2O3. The number of nitrogens with zero attached hydrogens (tertiary/aromatic N) is 2. The third-order valence-corrected chi connectivity index (χ3v) is 4.66. The first-order valence-electron chi connectivity index (χ1n) is 7.04. The van der Waals surface area contributed by atoms with Crippen LogP contribution in [0.2, 0.25) is 0 Å². The van der Waals surface area contributed by atoms with Crippen LogP contribution in [0.5, 0.6) is 5.75 Å². The first-order chi connectivity index (χ1) is 10.1. The lowest BCUT2D eigenvalue weighted by Gasteiger charge is -2.13. The minimum absolute atomic E-state index is 0.164. The Balaban J connectivity index is 1.58. The number of hydrazone groups is 1. The van der Waals surface area contributed by atoms with E-state index < -0.39 is 0 Å². The van der Waals surface area contributed by atoms with E-state index in [1.165, 1.54) is 18.3 Å². The molecule has 0 spiro atoms. The monoisotopic (exact) mass is 282 g/mol. The number of allylic oxidation sites excluding steroid dienone is 2. The first kappa shape index (κ1) is 12.3. The van der Waals surface area contributed by atoms with Gasteiger partial charge in [-0.2, -0.15) is 10.1 Å². The van der Waals surface area contributed by atoms with E-state index in [9.17, 15) is 14.7 Å². The highest BCUT2D eigenvalue weighted by atomic mass is 16.3. The molecule has 0 radical (unpaired) electrons. The highest BCUT2D eigenvalue weighted by Crippen LogP contribution is 2.52. The molecule has 5 heteroatoms. The molecule has 4 atom stereocenters. The van der Waals surface area contributed by atoms with Gasteiger partial charge in [-0.25, -0.2) is 0 Å². The van der Waals surface area contributed by atoms with E-state index in [2.05, 4.69) is 17.3 Å². The molecule has 2 amide bonds. The lowest BCUT2D eigenvalue weighted by atomic mass is 9.85. The van der Waals surface area contributed by atoms with Crippen LogP contribution in [-0.2, 0) is 9.59 Å². The maximum atomic E-state index is 12.4. The Kier molecular flexibility index (Phi) is 2.51. The van der Waals surface area contributed by atoms with E-state index in [0.29, 0.717) is 0 Å². The molecule has 1 heterocycles. The normalized spacial score (nSPS) is 33.4. The molecule has 2 fully saturated rings. The largest absolute Gasteiger partial charge is 0.508 e. The summed E-state index contributed by atoms with van der Waals surface area (Å²) in [5.74, 6) is -0.240. The van der Waals surface area contributed by atoms with Crippen LogP contribution >= 0.6 is 0 Å². The van der Waals surface area contributed by atoms with Crippen molar-refractivity contribution in [2.75, 3.05) is 0 Å². The van der Waals surface area contributed by atoms with Crippen molar-refractivity contribution in [2.24, 2.45) is 28.8 Å². The summed E-state index contributed by atoms with van der Waals surface area (Å²) >= 11 is 0. The van der Waals surface area contributed by atoms with Crippen LogP contribution in [0.3, 0.4) is 0 Å². The Bertz CT molecular complexity index is 647. The van der Waals surface area contributed by atoms with Gasteiger partial charge in [0.25, 0.3) is 11.8 Å². The minimum Gasteiger partial charge on any atom is -0.508 e. The molecule has 3 aliphatic rings. The Morgan fingerprint density at radius 2 is 1.62 bits per heavy atom. The van der Waals surface area contributed by atoms with Crippen LogP contribution < -0.4 is 0 Å². The quantitative estimate of drug-likeness (QED) is 0.508. The Labute approximate surface area is 121 Å². The van der Waals surface area contributed by atoms with Crippen LogP contribution in [-0.4, -0.2) is 28.1 Å². The van der Waals surface area contributed by atoms with Crippen LogP contribution in [0.25, 0.3) is 0 Å². The van der Waals surface area contributed by atoms with Gasteiger partial charge in [-0.05, 0) is 48.1 Å². The number of fused-ring (bicyclic) bond motifs is 5. The van der Waals surface area contributed by atoms with Crippen molar-refractivity contribution >= 4 is 18.0 Å². The predicted octanol–water partition coefficient (Wildman–Crippen LogP) is 1.53. The van der Waals surface area contributed by atoms with Gasteiger partial charge in [-0.15, -0.1) is 0 Å². The average Bonchev–Trinajstić information content (AvgIpc) is 3.14. The summed E-state index contributed by atoms with van der Waals surface area (Å²) < 4.78 is 0. The summed E-state index contributed by atoms with van der Waals surface area (Å²) in [6.45, 7) is 0. The van der Waals surface area contributed by atoms with Gasteiger partial charge in [0.15, 0.2) is 0 Å². The second-order valence-corrected chi connectivity index (χ2v) is 5.82. The van der Waals surface area contributed by atoms with Crippen molar-refractivity contribution in [1.29, 1.82) is 0 Å². The van der Waals surface area contributed by atoms with Gasteiger partial charge in [0, 0.05) is 0 Å². The molecule has 2 aliphatic carbocycles. The second kappa shape index (κ2) is 4.28. The summed E-state index contributed by atoms with van der Waals surface area (Å²) in [4.78, 5) is 24.8. The molecule has 1 aliphatic heterocycles. The zero-order valence-corrected chi connectivity index (χ0v) is 11.2. The van der Waals surface area contributed by atoms with Crippen molar-refractivity contribution in [3.05, 3.63) is 42.0 Å². The number of phenols is 1. The van der Waals surface area contributed by atoms with Crippen LogP contribution in [0.4, 0.5) is 0 Å². The van der Waals surface area contributed by atoms with Gasteiger partial charge in [-0.1, -0.05) is 12.2 Å². The first-order valence-corrected chi connectivity index (χ1v) is 7.04. The van der Waals surface area contributed by atoms with Crippen molar-refractivity contribution in [3.8, 4) is 5.75 Å².